The number of likely N-dealkylation sites (tertiary alicyclic amines) is 2. The Bertz CT molecular complexity index is 1780. The number of amides is 2. The standard InChI is InChI=1S/C43H49N3O7/c1-30(47)41(33-12-6-4-7-13-33)20-24-45(25-21-41)39(49)43(40(50)46-26-22-42(23-27-46,31(2)48)34-14-8-5-9-15-34)29-36(44-53-43)32-18-19-37(51-3)38(28-32)52-35-16-10-11-17-35/h4-9,12-15,18-19,28,35H,10-11,16-17,20-27,29H2,1-3H3. The van der Waals surface area contributed by atoms with Gasteiger partial charge in [-0.3, -0.25) is 19.2 Å². The fourth-order valence-corrected chi connectivity index (χ4v) is 8.94. The van der Waals surface area contributed by atoms with E-state index in [4.69, 9.17) is 14.3 Å². The van der Waals surface area contributed by atoms with Crippen molar-refractivity contribution in [3.05, 3.63) is 95.6 Å². The summed E-state index contributed by atoms with van der Waals surface area (Å²) in [6.07, 6.45) is 5.92. The second-order valence-corrected chi connectivity index (χ2v) is 15.1. The molecule has 3 aromatic carbocycles. The molecule has 0 atom stereocenters. The number of benzene rings is 3. The fraction of sp³-hybridized carbons (Fsp3) is 0.465. The zero-order chi connectivity index (χ0) is 37.2. The molecule has 0 radical (unpaired) electrons. The van der Waals surface area contributed by atoms with Crippen molar-refractivity contribution in [2.75, 3.05) is 33.3 Å². The average molecular weight is 720 g/mol. The number of methoxy groups -OCH3 is 1. The topological polar surface area (TPSA) is 115 Å². The quantitative estimate of drug-likeness (QED) is 0.230. The van der Waals surface area contributed by atoms with E-state index < -0.39 is 28.2 Å². The molecule has 2 amide bonds. The molecule has 4 aliphatic rings. The van der Waals surface area contributed by atoms with Gasteiger partial charge in [0, 0.05) is 31.7 Å². The van der Waals surface area contributed by atoms with E-state index in [9.17, 15) is 19.2 Å². The number of nitrogens with zero attached hydrogens (tertiary/aromatic N) is 3. The lowest BCUT2D eigenvalue weighted by atomic mass is 9.69. The third-order valence-electron chi connectivity index (χ3n) is 12.3. The van der Waals surface area contributed by atoms with Gasteiger partial charge < -0.3 is 24.1 Å². The van der Waals surface area contributed by atoms with Crippen LogP contribution in [-0.2, 0) is 34.8 Å². The summed E-state index contributed by atoms with van der Waals surface area (Å²) >= 11 is 0. The summed E-state index contributed by atoms with van der Waals surface area (Å²) < 4.78 is 12.0. The van der Waals surface area contributed by atoms with E-state index in [2.05, 4.69) is 5.16 Å². The lowest BCUT2D eigenvalue weighted by molar-refractivity contribution is -0.174. The molecule has 2 saturated heterocycles. The first kappa shape index (κ1) is 36.4. The van der Waals surface area contributed by atoms with Crippen LogP contribution in [0.1, 0.15) is 88.3 Å². The summed E-state index contributed by atoms with van der Waals surface area (Å²) in [6, 6.07) is 25.0. The molecule has 0 spiro atoms. The van der Waals surface area contributed by atoms with E-state index in [0.717, 1.165) is 36.8 Å². The van der Waals surface area contributed by atoms with E-state index in [1.807, 2.05) is 78.9 Å². The Morgan fingerprint density at radius 3 is 1.64 bits per heavy atom. The monoisotopic (exact) mass is 719 g/mol. The molecular weight excluding hydrogens is 670 g/mol. The minimum atomic E-state index is -1.94. The van der Waals surface area contributed by atoms with Crippen LogP contribution in [0.2, 0.25) is 0 Å². The molecule has 0 unspecified atom stereocenters. The normalized spacial score (nSPS) is 20.6. The Balaban J connectivity index is 1.17. The SMILES string of the molecule is COc1ccc(C2=NOC(C(=O)N3CCC(C(C)=O)(c4ccccc4)CC3)(C(=O)N3CCC(C(C)=O)(c4ccccc4)CC3)C2)cc1OC1CCCC1. The summed E-state index contributed by atoms with van der Waals surface area (Å²) in [5.41, 5.74) is -0.359. The number of piperidine rings is 2. The molecule has 1 saturated carbocycles. The van der Waals surface area contributed by atoms with Crippen LogP contribution >= 0.6 is 0 Å². The Hall–Kier alpha value is -4.99. The Morgan fingerprint density at radius 1 is 0.698 bits per heavy atom. The number of Topliss-reactive ketones (excluding diaryl/α,β-unsaturated/α-hetero) is 2. The number of ketones is 2. The van der Waals surface area contributed by atoms with Gasteiger partial charge in [-0.25, -0.2) is 0 Å². The zero-order valence-corrected chi connectivity index (χ0v) is 31.0. The number of rotatable bonds is 10. The molecule has 3 heterocycles. The molecule has 0 N–H and O–H groups in total. The van der Waals surface area contributed by atoms with E-state index in [0.29, 0.717) is 48.5 Å². The highest BCUT2D eigenvalue weighted by Crippen LogP contribution is 2.42. The van der Waals surface area contributed by atoms with Crippen LogP contribution in [-0.4, -0.2) is 83.9 Å². The average Bonchev–Trinajstić information content (AvgIpc) is 3.89. The van der Waals surface area contributed by atoms with Gasteiger partial charge >= 0.3 is 0 Å². The molecule has 3 aromatic rings. The Labute approximate surface area is 311 Å². The molecule has 10 heteroatoms. The maximum absolute atomic E-state index is 14.9. The third-order valence-corrected chi connectivity index (χ3v) is 12.3. The van der Waals surface area contributed by atoms with Crippen LogP contribution in [0, 0.1) is 0 Å². The first-order valence-electron chi connectivity index (χ1n) is 18.9. The lowest BCUT2D eigenvalue weighted by Crippen LogP contribution is -2.63. The van der Waals surface area contributed by atoms with Gasteiger partial charge in [-0.05, 0) is 94.5 Å². The molecule has 10 nitrogen and oxygen atoms in total. The second kappa shape index (κ2) is 14.8. The van der Waals surface area contributed by atoms with Crippen LogP contribution in [0.4, 0.5) is 0 Å². The van der Waals surface area contributed by atoms with Crippen LogP contribution in [0.15, 0.2) is 84.0 Å². The number of hydrogen-bond donors (Lipinski definition) is 0. The predicted molar refractivity (Wildman–Crippen MR) is 200 cm³/mol. The van der Waals surface area contributed by atoms with Gasteiger partial charge in [0.2, 0.25) is 0 Å². The van der Waals surface area contributed by atoms with Crippen molar-refractivity contribution in [1.82, 2.24) is 9.80 Å². The van der Waals surface area contributed by atoms with Gasteiger partial charge in [-0.15, -0.1) is 0 Å². The first-order valence-corrected chi connectivity index (χ1v) is 18.9. The molecule has 0 bridgehead atoms. The van der Waals surface area contributed by atoms with E-state index in [1.54, 1.807) is 30.8 Å². The molecule has 3 fully saturated rings. The highest BCUT2D eigenvalue weighted by Gasteiger charge is 2.59. The number of hydrogen-bond acceptors (Lipinski definition) is 8. The van der Waals surface area contributed by atoms with Gasteiger partial charge in [0.15, 0.2) is 11.5 Å². The van der Waals surface area contributed by atoms with Gasteiger partial charge in [0.05, 0.1) is 36.2 Å². The van der Waals surface area contributed by atoms with Gasteiger partial charge in [-0.1, -0.05) is 65.8 Å². The molecule has 0 aromatic heterocycles. The van der Waals surface area contributed by atoms with Crippen LogP contribution in [0.3, 0.4) is 0 Å². The van der Waals surface area contributed by atoms with Crippen molar-refractivity contribution in [2.45, 2.75) is 94.2 Å². The van der Waals surface area contributed by atoms with Crippen molar-refractivity contribution >= 4 is 29.1 Å². The summed E-state index contributed by atoms with van der Waals surface area (Å²) in [7, 11) is 1.60. The first-order chi connectivity index (χ1) is 25.6. The smallest absolute Gasteiger partial charge is 0.297 e. The maximum atomic E-state index is 14.9. The summed E-state index contributed by atoms with van der Waals surface area (Å²) in [5.74, 6) is 0.368. The van der Waals surface area contributed by atoms with E-state index in [-0.39, 0.29) is 50.3 Å². The number of carbonyl (C=O) groups is 4. The predicted octanol–water partition coefficient (Wildman–Crippen LogP) is 6.18. The van der Waals surface area contributed by atoms with Crippen molar-refractivity contribution in [2.24, 2.45) is 5.16 Å². The van der Waals surface area contributed by atoms with Crippen molar-refractivity contribution in [3.63, 3.8) is 0 Å². The summed E-state index contributed by atoms with van der Waals surface area (Å²) in [5, 5.41) is 4.45. The number of carbonyl (C=O) groups excluding carboxylic acids is 4. The van der Waals surface area contributed by atoms with Crippen molar-refractivity contribution < 1.29 is 33.5 Å². The zero-order valence-electron chi connectivity index (χ0n) is 31.0. The summed E-state index contributed by atoms with van der Waals surface area (Å²) in [4.78, 5) is 65.5. The maximum Gasteiger partial charge on any atom is 0.297 e. The largest absolute Gasteiger partial charge is 0.493 e. The molecule has 1 aliphatic carbocycles. The highest BCUT2D eigenvalue weighted by molar-refractivity contribution is 6.16. The lowest BCUT2D eigenvalue weighted by Gasteiger charge is -2.44. The number of ether oxygens (including phenoxy) is 2. The summed E-state index contributed by atoms with van der Waals surface area (Å²) in [6.45, 7) is 4.35. The fourth-order valence-electron chi connectivity index (χ4n) is 8.94. The van der Waals surface area contributed by atoms with Gasteiger partial charge in [-0.2, -0.15) is 0 Å². The molecular formula is C43H49N3O7. The number of oxime groups is 1. The molecule has 278 valence electrons. The van der Waals surface area contributed by atoms with Crippen molar-refractivity contribution in [3.8, 4) is 11.5 Å². The van der Waals surface area contributed by atoms with Gasteiger partial charge in [0.1, 0.15) is 11.6 Å². The molecule has 53 heavy (non-hydrogen) atoms. The third kappa shape index (κ3) is 6.61. The van der Waals surface area contributed by atoms with Crippen LogP contribution in [0.5, 0.6) is 11.5 Å². The minimum Gasteiger partial charge on any atom is -0.493 e. The minimum absolute atomic E-state index is 0.0557. The Morgan fingerprint density at radius 2 is 1.19 bits per heavy atom. The van der Waals surface area contributed by atoms with Crippen molar-refractivity contribution in [1.29, 1.82) is 0 Å². The Kier molecular flexibility index (Phi) is 10.2. The molecule has 3 aliphatic heterocycles. The van der Waals surface area contributed by atoms with E-state index in [1.165, 1.54) is 0 Å². The van der Waals surface area contributed by atoms with E-state index >= 15 is 0 Å². The highest BCUT2D eigenvalue weighted by atomic mass is 16.7. The van der Waals surface area contributed by atoms with Crippen LogP contribution in [0.25, 0.3) is 0 Å². The second-order valence-electron chi connectivity index (χ2n) is 15.1. The van der Waals surface area contributed by atoms with Gasteiger partial charge in [0.25, 0.3) is 17.4 Å². The van der Waals surface area contributed by atoms with Crippen LogP contribution < -0.4 is 9.47 Å². The molecule has 7 rings (SSSR count).